The first-order valence-corrected chi connectivity index (χ1v) is 10.7. The molecule has 0 fully saturated rings. The largest absolute Gasteiger partial charge is 0.495 e. The summed E-state index contributed by atoms with van der Waals surface area (Å²) in [6.45, 7) is 0. The fourth-order valence-corrected chi connectivity index (χ4v) is 3.51. The molecule has 1 aromatic heterocycles. The number of halogens is 3. The molecule has 13 heteroatoms. The second-order valence-electron chi connectivity index (χ2n) is 5.87. The average molecular weight is 501 g/mol. The molecular formula is C18H16Cl3N7O2S. The summed E-state index contributed by atoms with van der Waals surface area (Å²) in [7, 11) is 1.50. The molecule has 0 aliphatic carbocycles. The lowest BCUT2D eigenvalue weighted by Crippen LogP contribution is -2.17. The molecular weight excluding hydrogens is 485 g/mol. The first kappa shape index (κ1) is 23.0. The summed E-state index contributed by atoms with van der Waals surface area (Å²) in [5.74, 6) is 6.37. The maximum atomic E-state index is 12.3. The molecule has 0 aliphatic heterocycles. The number of carbonyl (C=O) groups is 1. The summed E-state index contributed by atoms with van der Waals surface area (Å²) in [5.41, 5.74) is 3.75. The summed E-state index contributed by atoms with van der Waals surface area (Å²) in [6, 6.07) is 10.1. The van der Waals surface area contributed by atoms with Gasteiger partial charge in [0.25, 0.3) is 5.95 Å². The fourth-order valence-electron chi connectivity index (χ4n) is 2.33. The number of amides is 1. The van der Waals surface area contributed by atoms with Crippen molar-refractivity contribution >= 4 is 70.3 Å². The smallest absolute Gasteiger partial charge is 0.264 e. The maximum Gasteiger partial charge on any atom is 0.264 e. The Balaban J connectivity index is 1.58. The molecule has 162 valence electrons. The SMILES string of the molecule is COc1ccc(Cl)cc1NC(=O)CSc1nnc(N/N=C/c2cccc(Cl)c2Cl)n1N. The van der Waals surface area contributed by atoms with Gasteiger partial charge in [0.05, 0.1) is 34.8 Å². The third-order valence-corrected chi connectivity index (χ3v) is 5.79. The van der Waals surface area contributed by atoms with Crippen LogP contribution in [0.5, 0.6) is 5.75 Å². The normalized spacial score (nSPS) is 11.0. The summed E-state index contributed by atoms with van der Waals surface area (Å²) < 4.78 is 6.38. The van der Waals surface area contributed by atoms with E-state index in [9.17, 15) is 4.79 Å². The predicted molar refractivity (Wildman–Crippen MR) is 125 cm³/mol. The van der Waals surface area contributed by atoms with Crippen molar-refractivity contribution in [2.24, 2.45) is 5.10 Å². The molecule has 0 saturated heterocycles. The molecule has 4 N–H and O–H groups in total. The van der Waals surface area contributed by atoms with Crippen LogP contribution in [0.3, 0.4) is 0 Å². The zero-order chi connectivity index (χ0) is 22.4. The van der Waals surface area contributed by atoms with Gasteiger partial charge in [0, 0.05) is 10.6 Å². The van der Waals surface area contributed by atoms with Crippen molar-refractivity contribution in [2.45, 2.75) is 5.16 Å². The number of nitrogens with zero attached hydrogens (tertiary/aromatic N) is 4. The third-order valence-electron chi connectivity index (χ3n) is 3.78. The van der Waals surface area contributed by atoms with Crippen LogP contribution in [0.2, 0.25) is 15.1 Å². The monoisotopic (exact) mass is 499 g/mol. The topological polar surface area (TPSA) is 119 Å². The zero-order valence-electron chi connectivity index (χ0n) is 16.0. The Morgan fingerprint density at radius 3 is 2.87 bits per heavy atom. The second-order valence-corrected chi connectivity index (χ2v) is 8.03. The molecule has 0 saturated carbocycles. The number of nitrogen functional groups attached to an aromatic ring is 1. The fraction of sp³-hybridized carbons (Fsp3) is 0.111. The molecule has 1 heterocycles. The first-order chi connectivity index (χ1) is 14.9. The van der Waals surface area contributed by atoms with Crippen molar-refractivity contribution in [3.63, 3.8) is 0 Å². The van der Waals surface area contributed by atoms with Crippen molar-refractivity contribution < 1.29 is 9.53 Å². The van der Waals surface area contributed by atoms with Gasteiger partial charge in [-0.15, -0.1) is 10.2 Å². The van der Waals surface area contributed by atoms with E-state index < -0.39 is 0 Å². The summed E-state index contributed by atoms with van der Waals surface area (Å²) in [6.07, 6.45) is 1.47. The van der Waals surface area contributed by atoms with E-state index in [1.807, 2.05) is 0 Å². The number of hydrazone groups is 1. The summed E-state index contributed by atoms with van der Waals surface area (Å²) >= 11 is 19.1. The number of benzene rings is 2. The van der Waals surface area contributed by atoms with Crippen molar-refractivity contribution in [1.82, 2.24) is 14.9 Å². The number of carbonyl (C=O) groups excluding carboxylic acids is 1. The number of anilines is 2. The minimum absolute atomic E-state index is 0.0341. The van der Waals surface area contributed by atoms with E-state index in [0.29, 0.717) is 37.2 Å². The van der Waals surface area contributed by atoms with Crippen LogP contribution in [0.1, 0.15) is 5.56 Å². The highest BCUT2D eigenvalue weighted by atomic mass is 35.5. The quantitative estimate of drug-likeness (QED) is 0.184. The lowest BCUT2D eigenvalue weighted by atomic mass is 10.2. The number of nitrogens with two attached hydrogens (primary N) is 1. The lowest BCUT2D eigenvalue weighted by Gasteiger charge is -2.10. The van der Waals surface area contributed by atoms with Crippen LogP contribution >= 0.6 is 46.6 Å². The number of aromatic nitrogens is 3. The number of ether oxygens (including phenoxy) is 1. The Morgan fingerprint density at radius 2 is 2.10 bits per heavy atom. The molecule has 1 amide bonds. The maximum absolute atomic E-state index is 12.3. The highest BCUT2D eigenvalue weighted by Gasteiger charge is 2.14. The molecule has 0 spiro atoms. The van der Waals surface area contributed by atoms with E-state index >= 15 is 0 Å². The van der Waals surface area contributed by atoms with Crippen molar-refractivity contribution in [1.29, 1.82) is 0 Å². The molecule has 0 unspecified atom stereocenters. The molecule has 9 nitrogen and oxygen atoms in total. The number of hydrogen-bond acceptors (Lipinski definition) is 8. The Hall–Kier alpha value is -2.66. The number of nitrogens with one attached hydrogen (secondary N) is 2. The van der Waals surface area contributed by atoms with Crippen LogP contribution in [0.25, 0.3) is 0 Å². The van der Waals surface area contributed by atoms with Crippen LogP contribution in [0, 0.1) is 0 Å². The average Bonchev–Trinajstić information content (AvgIpc) is 3.09. The Labute approximate surface area is 196 Å². The van der Waals surface area contributed by atoms with Gasteiger partial charge in [-0.1, -0.05) is 58.7 Å². The van der Waals surface area contributed by atoms with E-state index in [-0.39, 0.29) is 17.6 Å². The first-order valence-electron chi connectivity index (χ1n) is 8.58. The predicted octanol–water partition coefficient (Wildman–Crippen LogP) is 4.14. The molecule has 0 radical (unpaired) electrons. The van der Waals surface area contributed by atoms with Crippen LogP contribution < -0.4 is 21.3 Å². The molecule has 31 heavy (non-hydrogen) atoms. The van der Waals surface area contributed by atoms with Gasteiger partial charge in [-0.25, -0.2) is 10.1 Å². The summed E-state index contributed by atoms with van der Waals surface area (Å²) in [5, 5.41) is 16.2. The van der Waals surface area contributed by atoms with Gasteiger partial charge >= 0.3 is 0 Å². The highest BCUT2D eigenvalue weighted by Crippen LogP contribution is 2.28. The number of rotatable bonds is 8. The van der Waals surface area contributed by atoms with Gasteiger partial charge in [-0.2, -0.15) is 5.10 Å². The molecule has 2 aromatic carbocycles. The third kappa shape index (κ3) is 5.95. The number of methoxy groups -OCH3 is 1. The van der Waals surface area contributed by atoms with Gasteiger partial charge < -0.3 is 15.9 Å². The van der Waals surface area contributed by atoms with Crippen molar-refractivity contribution in [3.05, 3.63) is 57.0 Å². The Bertz CT molecular complexity index is 1120. The second kappa shape index (κ2) is 10.6. The number of thioether (sulfide) groups is 1. The van der Waals surface area contributed by atoms with Gasteiger partial charge in [0.15, 0.2) is 0 Å². The standard InChI is InChI=1S/C18H16Cl3N7O2S/c1-30-14-6-5-11(19)7-13(14)24-15(29)9-31-18-27-26-17(28(18)22)25-23-8-10-3-2-4-12(20)16(10)21/h2-8H,9,22H2,1H3,(H,24,29)(H,25,26)/b23-8+. The lowest BCUT2D eigenvalue weighted by molar-refractivity contribution is -0.113. The van der Waals surface area contributed by atoms with Crippen LogP contribution in [-0.2, 0) is 4.79 Å². The van der Waals surface area contributed by atoms with E-state index in [0.717, 1.165) is 11.8 Å². The zero-order valence-corrected chi connectivity index (χ0v) is 19.1. The highest BCUT2D eigenvalue weighted by molar-refractivity contribution is 7.99. The molecule has 0 aliphatic rings. The minimum atomic E-state index is -0.295. The molecule has 0 atom stereocenters. The van der Waals surface area contributed by atoms with E-state index in [2.05, 4.69) is 26.0 Å². The minimum Gasteiger partial charge on any atom is -0.495 e. The molecule has 0 bridgehead atoms. The van der Waals surface area contributed by atoms with Gasteiger partial charge in [0.2, 0.25) is 11.1 Å². The van der Waals surface area contributed by atoms with Gasteiger partial charge in [-0.3, -0.25) is 4.79 Å². The van der Waals surface area contributed by atoms with Crippen LogP contribution in [0.4, 0.5) is 11.6 Å². The number of hydrogen-bond donors (Lipinski definition) is 3. The van der Waals surface area contributed by atoms with E-state index in [4.69, 9.17) is 45.4 Å². The Kier molecular flexibility index (Phi) is 7.85. The van der Waals surface area contributed by atoms with Crippen molar-refractivity contribution in [3.8, 4) is 5.75 Å². The van der Waals surface area contributed by atoms with E-state index in [1.54, 1.807) is 36.4 Å². The van der Waals surface area contributed by atoms with Crippen molar-refractivity contribution in [2.75, 3.05) is 29.4 Å². The van der Waals surface area contributed by atoms with Crippen LogP contribution in [0.15, 0.2) is 46.7 Å². The molecule has 3 rings (SSSR count). The molecule has 3 aromatic rings. The van der Waals surface area contributed by atoms with Crippen LogP contribution in [-0.4, -0.2) is 39.9 Å². The van der Waals surface area contributed by atoms with Gasteiger partial charge in [-0.05, 0) is 24.3 Å². The summed E-state index contributed by atoms with van der Waals surface area (Å²) in [4.78, 5) is 12.3. The van der Waals surface area contributed by atoms with Gasteiger partial charge in [0.1, 0.15) is 5.75 Å². The Morgan fingerprint density at radius 1 is 1.29 bits per heavy atom. The van der Waals surface area contributed by atoms with E-state index in [1.165, 1.54) is 18.0 Å².